The number of carbonyl (C=O) groups is 1. The van der Waals surface area contributed by atoms with E-state index >= 15 is 0 Å². The Kier molecular flexibility index (Phi) is 4.16. The molecule has 0 aliphatic heterocycles. The third kappa shape index (κ3) is 3.79. The largest absolute Gasteiger partial charge is 0.398 e. The second-order valence-corrected chi connectivity index (χ2v) is 4.94. The van der Waals surface area contributed by atoms with Crippen molar-refractivity contribution in [1.82, 2.24) is 0 Å². The number of anilines is 2. The van der Waals surface area contributed by atoms with Crippen molar-refractivity contribution < 1.29 is 9.18 Å². The van der Waals surface area contributed by atoms with E-state index < -0.39 is 0 Å². The Morgan fingerprint density at radius 3 is 2.53 bits per heavy atom. The van der Waals surface area contributed by atoms with Crippen LogP contribution in [0.2, 0.25) is 0 Å². The molecule has 0 bridgehead atoms. The number of carbonyl (C=O) groups excluding carboxylic acids is 1. The van der Waals surface area contributed by atoms with Crippen LogP contribution in [-0.2, 0) is 11.2 Å². The molecule has 0 atom stereocenters. The van der Waals surface area contributed by atoms with Crippen molar-refractivity contribution in [3.05, 3.63) is 58.3 Å². The van der Waals surface area contributed by atoms with Gasteiger partial charge in [0.1, 0.15) is 5.82 Å². The molecule has 2 aromatic rings. The number of nitrogens with one attached hydrogen (secondary N) is 1. The van der Waals surface area contributed by atoms with Gasteiger partial charge in [-0.05, 0) is 51.8 Å². The van der Waals surface area contributed by atoms with E-state index in [0.717, 1.165) is 10.0 Å². The molecule has 3 N–H and O–H groups in total. The molecule has 3 nitrogen and oxygen atoms in total. The number of nitrogen functional groups attached to an aromatic ring is 1. The molecular weight excluding hydrogens is 311 g/mol. The van der Waals surface area contributed by atoms with E-state index in [1.54, 1.807) is 30.3 Å². The fourth-order valence-electron chi connectivity index (χ4n) is 1.61. The molecule has 5 heteroatoms. The van der Waals surface area contributed by atoms with E-state index in [4.69, 9.17) is 5.73 Å². The lowest BCUT2D eigenvalue weighted by atomic mass is 10.1. The van der Waals surface area contributed by atoms with Crippen LogP contribution in [-0.4, -0.2) is 5.91 Å². The molecule has 0 saturated heterocycles. The van der Waals surface area contributed by atoms with Crippen LogP contribution in [0, 0.1) is 5.82 Å². The van der Waals surface area contributed by atoms with Crippen molar-refractivity contribution in [2.75, 3.05) is 11.1 Å². The fourth-order valence-corrected chi connectivity index (χ4v) is 1.86. The van der Waals surface area contributed by atoms with Crippen molar-refractivity contribution in [3.8, 4) is 0 Å². The summed E-state index contributed by atoms with van der Waals surface area (Å²) < 4.78 is 13.5. The maximum absolute atomic E-state index is 12.7. The molecule has 2 aromatic carbocycles. The third-order valence-electron chi connectivity index (χ3n) is 2.56. The zero-order valence-corrected chi connectivity index (χ0v) is 11.6. The van der Waals surface area contributed by atoms with Gasteiger partial charge in [-0.15, -0.1) is 0 Å². The highest BCUT2D eigenvalue weighted by atomic mass is 79.9. The van der Waals surface area contributed by atoms with Crippen LogP contribution in [0.5, 0.6) is 0 Å². The Morgan fingerprint density at radius 1 is 1.21 bits per heavy atom. The van der Waals surface area contributed by atoms with Gasteiger partial charge in [0.25, 0.3) is 0 Å². The minimum absolute atomic E-state index is 0.173. The molecule has 19 heavy (non-hydrogen) atoms. The van der Waals surface area contributed by atoms with E-state index in [-0.39, 0.29) is 18.1 Å². The Balaban J connectivity index is 2.01. The number of rotatable bonds is 3. The van der Waals surface area contributed by atoms with E-state index in [2.05, 4.69) is 21.2 Å². The van der Waals surface area contributed by atoms with E-state index in [1.807, 2.05) is 0 Å². The average Bonchev–Trinajstić information content (AvgIpc) is 2.37. The fraction of sp³-hybridized carbons (Fsp3) is 0.0714. The second-order valence-electron chi connectivity index (χ2n) is 4.09. The normalized spacial score (nSPS) is 10.2. The van der Waals surface area contributed by atoms with Gasteiger partial charge in [-0.25, -0.2) is 4.39 Å². The summed E-state index contributed by atoms with van der Waals surface area (Å²) in [5, 5.41) is 2.74. The molecular formula is C14H12BrFN2O. The predicted molar refractivity (Wildman–Crippen MR) is 77.3 cm³/mol. The standard InChI is InChI=1S/C14H12BrFN2O/c15-12-6-5-11(8-13(12)17)18-14(19)7-9-1-3-10(16)4-2-9/h1-6,8H,7,17H2,(H,18,19). The maximum Gasteiger partial charge on any atom is 0.228 e. The van der Waals surface area contributed by atoms with Gasteiger partial charge in [0, 0.05) is 15.8 Å². The summed E-state index contributed by atoms with van der Waals surface area (Å²) in [6, 6.07) is 11.0. The lowest BCUT2D eigenvalue weighted by molar-refractivity contribution is -0.115. The van der Waals surface area contributed by atoms with Gasteiger partial charge >= 0.3 is 0 Å². The van der Waals surface area contributed by atoms with Crippen LogP contribution in [0.1, 0.15) is 5.56 Å². The number of hydrogen-bond donors (Lipinski definition) is 2. The molecule has 0 saturated carbocycles. The van der Waals surface area contributed by atoms with Crippen LogP contribution in [0.4, 0.5) is 15.8 Å². The Bertz CT molecular complexity index is 599. The third-order valence-corrected chi connectivity index (χ3v) is 3.28. The topological polar surface area (TPSA) is 55.1 Å². The molecule has 0 aliphatic carbocycles. The van der Waals surface area contributed by atoms with Crippen molar-refractivity contribution >= 4 is 33.2 Å². The summed E-state index contributed by atoms with van der Waals surface area (Å²) >= 11 is 3.28. The van der Waals surface area contributed by atoms with Crippen molar-refractivity contribution in [1.29, 1.82) is 0 Å². The van der Waals surface area contributed by atoms with Gasteiger partial charge in [-0.2, -0.15) is 0 Å². The van der Waals surface area contributed by atoms with E-state index in [1.165, 1.54) is 12.1 Å². The second kappa shape index (κ2) is 5.84. The van der Waals surface area contributed by atoms with Crippen LogP contribution in [0.25, 0.3) is 0 Å². The minimum atomic E-state index is -0.315. The highest BCUT2D eigenvalue weighted by Crippen LogP contribution is 2.23. The highest BCUT2D eigenvalue weighted by molar-refractivity contribution is 9.10. The van der Waals surface area contributed by atoms with Crippen LogP contribution < -0.4 is 11.1 Å². The quantitative estimate of drug-likeness (QED) is 0.851. The smallest absolute Gasteiger partial charge is 0.228 e. The van der Waals surface area contributed by atoms with Crippen molar-refractivity contribution in [2.45, 2.75) is 6.42 Å². The van der Waals surface area contributed by atoms with Gasteiger partial charge in [0.15, 0.2) is 0 Å². The Morgan fingerprint density at radius 2 is 1.89 bits per heavy atom. The van der Waals surface area contributed by atoms with Gasteiger partial charge in [-0.3, -0.25) is 4.79 Å². The Labute approximate surface area is 118 Å². The number of amides is 1. The first-order chi connectivity index (χ1) is 9.04. The van der Waals surface area contributed by atoms with Crippen molar-refractivity contribution in [3.63, 3.8) is 0 Å². The zero-order valence-electron chi connectivity index (χ0n) is 9.99. The maximum atomic E-state index is 12.7. The molecule has 98 valence electrons. The molecule has 0 aliphatic rings. The molecule has 0 heterocycles. The Hall–Kier alpha value is -1.88. The SMILES string of the molecule is Nc1cc(NC(=O)Cc2ccc(F)cc2)ccc1Br. The van der Waals surface area contributed by atoms with Crippen LogP contribution >= 0.6 is 15.9 Å². The van der Waals surface area contributed by atoms with Crippen LogP contribution in [0.15, 0.2) is 46.9 Å². The summed E-state index contributed by atoms with van der Waals surface area (Å²) in [4.78, 5) is 11.8. The molecule has 2 rings (SSSR count). The lowest BCUT2D eigenvalue weighted by Gasteiger charge is -2.07. The summed E-state index contributed by atoms with van der Waals surface area (Å²) in [5.74, 6) is -0.488. The molecule has 0 fully saturated rings. The van der Waals surface area contributed by atoms with Crippen molar-refractivity contribution in [2.24, 2.45) is 0 Å². The number of hydrogen-bond acceptors (Lipinski definition) is 2. The van der Waals surface area contributed by atoms with Gasteiger partial charge in [-0.1, -0.05) is 12.1 Å². The summed E-state index contributed by atoms with van der Waals surface area (Å²) in [7, 11) is 0. The first kappa shape index (κ1) is 13.5. The molecule has 0 aromatic heterocycles. The molecule has 0 unspecified atom stereocenters. The first-order valence-electron chi connectivity index (χ1n) is 5.64. The minimum Gasteiger partial charge on any atom is -0.398 e. The summed E-state index contributed by atoms with van der Waals surface area (Å²) in [5.41, 5.74) is 7.67. The van der Waals surface area contributed by atoms with E-state index in [9.17, 15) is 9.18 Å². The first-order valence-corrected chi connectivity index (χ1v) is 6.43. The summed E-state index contributed by atoms with van der Waals surface area (Å²) in [6.07, 6.45) is 0.191. The van der Waals surface area contributed by atoms with Gasteiger partial charge in [0.2, 0.25) is 5.91 Å². The highest BCUT2D eigenvalue weighted by Gasteiger charge is 2.05. The zero-order chi connectivity index (χ0) is 13.8. The number of halogens is 2. The number of nitrogens with two attached hydrogens (primary N) is 1. The average molecular weight is 323 g/mol. The van der Waals surface area contributed by atoms with Gasteiger partial charge in [0.05, 0.1) is 6.42 Å². The van der Waals surface area contributed by atoms with Crippen LogP contribution in [0.3, 0.4) is 0 Å². The monoisotopic (exact) mass is 322 g/mol. The molecule has 1 amide bonds. The lowest BCUT2D eigenvalue weighted by Crippen LogP contribution is -2.14. The predicted octanol–water partition coefficient (Wildman–Crippen LogP) is 3.35. The summed E-state index contributed by atoms with van der Waals surface area (Å²) in [6.45, 7) is 0. The van der Waals surface area contributed by atoms with Gasteiger partial charge < -0.3 is 11.1 Å². The number of benzene rings is 2. The molecule has 0 spiro atoms. The van der Waals surface area contributed by atoms with E-state index in [0.29, 0.717) is 11.4 Å². The molecule has 0 radical (unpaired) electrons.